The minimum absolute atomic E-state index is 0.0233. The van der Waals surface area contributed by atoms with Gasteiger partial charge in [0.1, 0.15) is 6.54 Å². The summed E-state index contributed by atoms with van der Waals surface area (Å²) in [5.41, 5.74) is 4.29. The van der Waals surface area contributed by atoms with Gasteiger partial charge in [0.25, 0.3) is 0 Å². The van der Waals surface area contributed by atoms with Gasteiger partial charge in [-0.25, -0.2) is 0 Å². The maximum Gasteiger partial charge on any atom is 0.242 e. The number of aromatic nitrogens is 1. The summed E-state index contributed by atoms with van der Waals surface area (Å²) >= 11 is 0. The van der Waals surface area contributed by atoms with E-state index >= 15 is 0 Å². The minimum Gasteiger partial charge on any atom is -0.340 e. The molecule has 1 aromatic carbocycles. The van der Waals surface area contributed by atoms with Gasteiger partial charge in [-0.2, -0.15) is 0 Å². The lowest BCUT2D eigenvalue weighted by molar-refractivity contribution is -0.130. The van der Waals surface area contributed by atoms with Crippen molar-refractivity contribution in [1.82, 2.24) is 9.88 Å². The number of hydrogen-bond acceptors (Lipinski definition) is 3. The number of carbonyl (C=O) groups excluding carboxylic acids is 2. The van der Waals surface area contributed by atoms with Gasteiger partial charge in [-0.1, -0.05) is 18.2 Å². The predicted molar refractivity (Wildman–Crippen MR) is 105 cm³/mol. The molecule has 4 rings (SSSR count). The van der Waals surface area contributed by atoms with Gasteiger partial charge in [-0.05, 0) is 55.5 Å². The number of likely N-dealkylation sites (tertiary alicyclic amines) is 1. The summed E-state index contributed by atoms with van der Waals surface area (Å²) in [5, 5.41) is 0. The van der Waals surface area contributed by atoms with Crippen LogP contribution >= 0.6 is 0 Å². The molecule has 1 atom stereocenters. The average Bonchev–Trinajstić information content (AvgIpc) is 3.11. The van der Waals surface area contributed by atoms with E-state index in [2.05, 4.69) is 24.0 Å². The van der Waals surface area contributed by atoms with Crippen LogP contribution in [0.2, 0.25) is 0 Å². The van der Waals surface area contributed by atoms with E-state index in [1.807, 2.05) is 35.4 Å². The van der Waals surface area contributed by atoms with Crippen LogP contribution in [0.1, 0.15) is 42.0 Å². The van der Waals surface area contributed by atoms with Crippen molar-refractivity contribution < 1.29 is 9.59 Å². The molecule has 0 N–H and O–H groups in total. The van der Waals surface area contributed by atoms with Crippen LogP contribution < -0.4 is 4.90 Å². The highest BCUT2D eigenvalue weighted by molar-refractivity contribution is 5.99. The number of anilines is 1. The highest BCUT2D eigenvalue weighted by Crippen LogP contribution is 2.29. The predicted octanol–water partition coefficient (Wildman–Crippen LogP) is 3.08. The lowest BCUT2D eigenvalue weighted by Gasteiger charge is -2.25. The summed E-state index contributed by atoms with van der Waals surface area (Å²) < 4.78 is 0. The van der Waals surface area contributed by atoms with Gasteiger partial charge >= 0.3 is 0 Å². The zero-order valence-electron chi connectivity index (χ0n) is 15.7. The number of hydrogen-bond donors (Lipinski definition) is 0. The van der Waals surface area contributed by atoms with Gasteiger partial charge in [-0.15, -0.1) is 0 Å². The van der Waals surface area contributed by atoms with Crippen molar-refractivity contribution in [2.45, 2.75) is 38.5 Å². The van der Waals surface area contributed by atoms with Crippen LogP contribution in [-0.4, -0.2) is 41.3 Å². The van der Waals surface area contributed by atoms with E-state index in [-0.39, 0.29) is 24.3 Å². The summed E-state index contributed by atoms with van der Waals surface area (Å²) in [5.74, 6) is 0.348. The van der Waals surface area contributed by atoms with Gasteiger partial charge < -0.3 is 9.80 Å². The van der Waals surface area contributed by atoms with Crippen molar-refractivity contribution in [1.29, 1.82) is 0 Å². The maximum atomic E-state index is 12.9. The second-order valence-electron chi connectivity index (χ2n) is 7.55. The molecule has 1 unspecified atom stereocenters. The fraction of sp³-hybridized carbons (Fsp3) is 0.409. The molecule has 0 saturated carbocycles. The number of fused-ring (bicyclic) bond motifs is 1. The number of pyridine rings is 1. The third-order valence-electron chi connectivity index (χ3n) is 5.61. The first-order chi connectivity index (χ1) is 13.1. The van der Waals surface area contributed by atoms with Crippen LogP contribution in [0, 0.1) is 6.92 Å². The summed E-state index contributed by atoms with van der Waals surface area (Å²) in [6.07, 6.45) is 4.98. The van der Waals surface area contributed by atoms with E-state index in [4.69, 9.17) is 0 Å². The lowest BCUT2D eigenvalue weighted by Crippen LogP contribution is -2.42. The Balaban J connectivity index is 1.47. The van der Waals surface area contributed by atoms with Crippen LogP contribution in [0.5, 0.6) is 0 Å². The minimum atomic E-state index is 0.0233. The molecule has 0 bridgehead atoms. The molecule has 2 amide bonds. The fourth-order valence-corrected chi connectivity index (χ4v) is 4.10. The number of nitrogens with zero attached hydrogens (tertiary/aromatic N) is 3. The Morgan fingerprint density at radius 3 is 2.93 bits per heavy atom. The molecule has 5 heteroatoms. The normalized spacial score (nSPS) is 19.7. The topological polar surface area (TPSA) is 53.5 Å². The molecule has 0 radical (unpaired) electrons. The molecule has 1 saturated heterocycles. The van der Waals surface area contributed by atoms with Crippen LogP contribution in [0.25, 0.3) is 0 Å². The van der Waals surface area contributed by atoms with Gasteiger partial charge in [0, 0.05) is 43.0 Å². The molecule has 1 aromatic heterocycles. The highest BCUT2D eigenvalue weighted by atomic mass is 16.2. The van der Waals surface area contributed by atoms with Crippen molar-refractivity contribution >= 4 is 17.5 Å². The van der Waals surface area contributed by atoms with Crippen molar-refractivity contribution in [3.63, 3.8) is 0 Å². The molecular formula is C22H25N3O2. The molecular weight excluding hydrogens is 338 g/mol. The Morgan fingerprint density at radius 2 is 2.07 bits per heavy atom. The van der Waals surface area contributed by atoms with Crippen LogP contribution in [0.4, 0.5) is 5.69 Å². The third-order valence-corrected chi connectivity index (χ3v) is 5.61. The number of aryl methyl sites for hydroxylation is 2. The zero-order chi connectivity index (χ0) is 18.8. The monoisotopic (exact) mass is 363 g/mol. The molecule has 0 spiro atoms. The average molecular weight is 363 g/mol. The fourth-order valence-electron chi connectivity index (χ4n) is 4.10. The summed E-state index contributed by atoms with van der Waals surface area (Å²) in [6.45, 7) is 3.59. The van der Waals surface area contributed by atoms with E-state index in [1.54, 1.807) is 4.90 Å². The van der Waals surface area contributed by atoms with E-state index < -0.39 is 0 Å². The van der Waals surface area contributed by atoms with E-state index in [0.29, 0.717) is 13.0 Å². The molecule has 5 nitrogen and oxygen atoms in total. The summed E-state index contributed by atoms with van der Waals surface area (Å²) in [6, 6.07) is 12.0. The van der Waals surface area contributed by atoms with Crippen LogP contribution in [-0.2, 0) is 16.0 Å². The van der Waals surface area contributed by atoms with Crippen molar-refractivity contribution in [2.75, 3.05) is 24.5 Å². The number of para-hydroxylation sites is 1. The number of benzene rings is 1. The van der Waals surface area contributed by atoms with Crippen molar-refractivity contribution in [2.24, 2.45) is 0 Å². The molecule has 27 heavy (non-hydrogen) atoms. The molecule has 3 heterocycles. The van der Waals surface area contributed by atoms with Crippen LogP contribution in [0.15, 0.2) is 42.6 Å². The van der Waals surface area contributed by atoms with E-state index in [0.717, 1.165) is 42.8 Å². The largest absolute Gasteiger partial charge is 0.340 e. The first-order valence-electron chi connectivity index (χ1n) is 9.70. The number of rotatable bonds is 3. The molecule has 0 aliphatic carbocycles. The highest BCUT2D eigenvalue weighted by Gasteiger charge is 2.31. The summed E-state index contributed by atoms with van der Waals surface area (Å²) in [4.78, 5) is 33.6. The Labute approximate surface area is 160 Å². The van der Waals surface area contributed by atoms with E-state index in [1.165, 1.54) is 5.56 Å². The molecule has 140 valence electrons. The van der Waals surface area contributed by atoms with Gasteiger partial charge in [0.05, 0.1) is 0 Å². The third kappa shape index (κ3) is 3.72. The molecule has 2 aliphatic rings. The number of amides is 2. The smallest absolute Gasteiger partial charge is 0.242 e. The Kier molecular flexibility index (Phi) is 4.92. The Bertz CT molecular complexity index is 864. The number of carbonyl (C=O) groups is 2. The Morgan fingerprint density at radius 1 is 1.22 bits per heavy atom. The van der Waals surface area contributed by atoms with Crippen LogP contribution in [0.3, 0.4) is 0 Å². The zero-order valence-corrected chi connectivity index (χ0v) is 15.7. The van der Waals surface area contributed by atoms with Crippen molar-refractivity contribution in [3.05, 3.63) is 59.4 Å². The van der Waals surface area contributed by atoms with Gasteiger partial charge in [-0.3, -0.25) is 14.6 Å². The second-order valence-corrected chi connectivity index (χ2v) is 7.55. The maximum absolute atomic E-state index is 12.9. The molecule has 2 aliphatic heterocycles. The van der Waals surface area contributed by atoms with Crippen molar-refractivity contribution in [3.8, 4) is 0 Å². The first-order valence-corrected chi connectivity index (χ1v) is 9.70. The van der Waals surface area contributed by atoms with Gasteiger partial charge in [0.2, 0.25) is 11.8 Å². The molecule has 2 aromatic rings. The first kappa shape index (κ1) is 17.7. The second kappa shape index (κ2) is 7.51. The SMILES string of the molecule is Cc1ccnc(C2CCN(C(=O)CN3C(=O)CCCc4ccccc43)C2)c1. The van der Waals surface area contributed by atoms with E-state index in [9.17, 15) is 9.59 Å². The summed E-state index contributed by atoms with van der Waals surface area (Å²) in [7, 11) is 0. The standard InChI is InChI=1S/C22H25N3O2/c1-16-9-11-23-19(13-16)18-10-12-24(14-18)22(27)15-25-20-7-3-2-5-17(20)6-4-8-21(25)26/h2-3,5,7,9,11,13,18H,4,6,8,10,12,14-15H2,1H3. The quantitative estimate of drug-likeness (QED) is 0.842. The lowest BCUT2D eigenvalue weighted by atomic mass is 10.0. The Hall–Kier alpha value is -2.69. The molecule has 1 fully saturated rings. The van der Waals surface area contributed by atoms with Gasteiger partial charge in [0.15, 0.2) is 0 Å².